The summed E-state index contributed by atoms with van der Waals surface area (Å²) in [5.41, 5.74) is 3.49. The van der Waals surface area contributed by atoms with Gasteiger partial charge in [0, 0.05) is 16.8 Å². The van der Waals surface area contributed by atoms with Crippen LogP contribution in [0.25, 0.3) is 0 Å². The number of nitrogens with zero attached hydrogens (tertiary/aromatic N) is 1. The molecule has 0 unspecified atom stereocenters. The molecule has 0 saturated carbocycles. The molecule has 0 aliphatic rings. The molecule has 0 fully saturated rings. The molecule has 1 aromatic carbocycles. The van der Waals surface area contributed by atoms with Gasteiger partial charge in [-0.25, -0.2) is 0 Å². The van der Waals surface area contributed by atoms with Gasteiger partial charge in [0.25, 0.3) is 0 Å². The molecule has 1 rings (SSSR count). The highest BCUT2D eigenvalue weighted by Crippen LogP contribution is 2.38. The third-order valence-corrected chi connectivity index (χ3v) is 4.49. The summed E-state index contributed by atoms with van der Waals surface area (Å²) in [6, 6.07) is 4.00. The van der Waals surface area contributed by atoms with Crippen molar-refractivity contribution < 1.29 is 10.2 Å². The summed E-state index contributed by atoms with van der Waals surface area (Å²) in [7, 11) is 0. The molecule has 0 amide bonds. The first-order chi connectivity index (χ1) is 10.8. The van der Waals surface area contributed by atoms with Gasteiger partial charge in [-0.1, -0.05) is 61.5 Å². The molecule has 3 nitrogen and oxygen atoms in total. The second kappa shape index (κ2) is 7.26. The molecule has 2 N–H and O–H groups in total. The highest BCUT2D eigenvalue weighted by molar-refractivity contribution is 6.01. The van der Waals surface area contributed by atoms with E-state index in [4.69, 9.17) is 0 Å². The van der Waals surface area contributed by atoms with Crippen molar-refractivity contribution in [2.45, 2.75) is 79.2 Å². The number of aliphatic hydroxyl groups excluding tert-OH is 1. The normalized spacial score (nSPS) is 15.0. The van der Waals surface area contributed by atoms with Crippen molar-refractivity contribution in [1.82, 2.24) is 0 Å². The number of benzene rings is 1. The van der Waals surface area contributed by atoms with Crippen LogP contribution in [0, 0.1) is 5.92 Å². The topological polar surface area (TPSA) is 52.8 Å². The molecule has 0 radical (unpaired) electrons. The molecule has 24 heavy (non-hydrogen) atoms. The molecular weight excluding hydrogens is 298 g/mol. The standard InChI is InChI=1S/C21H35NO2/c1-13(2)18(12-23)22-14(3)16-10-15(20(4,5)6)11-17(19(16)24)21(7,8)9/h10-11,13,18,23-24H,12H2,1-9H3/b22-14+/t18-/m1/s1. The monoisotopic (exact) mass is 333 g/mol. The van der Waals surface area contributed by atoms with Gasteiger partial charge in [-0.2, -0.15) is 0 Å². The molecule has 0 aromatic heterocycles. The summed E-state index contributed by atoms with van der Waals surface area (Å²) >= 11 is 0. The van der Waals surface area contributed by atoms with Crippen LogP contribution in [0.2, 0.25) is 0 Å². The summed E-state index contributed by atoms with van der Waals surface area (Å²) in [6.45, 7) is 18.9. The summed E-state index contributed by atoms with van der Waals surface area (Å²) in [5.74, 6) is 0.553. The first kappa shape index (κ1) is 20.7. The van der Waals surface area contributed by atoms with Crippen molar-refractivity contribution in [2.75, 3.05) is 6.61 Å². The average Bonchev–Trinajstić information content (AvgIpc) is 2.41. The van der Waals surface area contributed by atoms with Gasteiger partial charge in [0.15, 0.2) is 0 Å². The smallest absolute Gasteiger partial charge is 0.128 e. The first-order valence-corrected chi connectivity index (χ1v) is 8.82. The summed E-state index contributed by atoms with van der Waals surface area (Å²) in [5, 5.41) is 20.4. The van der Waals surface area contributed by atoms with Crippen LogP contribution in [-0.4, -0.2) is 28.6 Å². The van der Waals surface area contributed by atoms with Crippen molar-refractivity contribution >= 4 is 5.71 Å². The number of phenolic OH excluding ortho intramolecular Hbond substituents is 1. The first-order valence-electron chi connectivity index (χ1n) is 8.82. The van der Waals surface area contributed by atoms with Crippen LogP contribution >= 0.6 is 0 Å². The lowest BCUT2D eigenvalue weighted by atomic mass is 9.78. The molecule has 0 bridgehead atoms. The van der Waals surface area contributed by atoms with Crippen LogP contribution in [0.5, 0.6) is 5.75 Å². The van der Waals surface area contributed by atoms with E-state index in [2.05, 4.69) is 52.6 Å². The van der Waals surface area contributed by atoms with E-state index in [1.54, 1.807) is 0 Å². The van der Waals surface area contributed by atoms with Crippen molar-refractivity contribution in [1.29, 1.82) is 0 Å². The zero-order valence-electron chi connectivity index (χ0n) is 16.9. The molecule has 0 heterocycles. The third kappa shape index (κ3) is 4.83. The van der Waals surface area contributed by atoms with Gasteiger partial charge in [0.2, 0.25) is 0 Å². The Labute approximate surface area is 147 Å². The molecule has 0 aliphatic carbocycles. The molecule has 0 aliphatic heterocycles. The van der Waals surface area contributed by atoms with Gasteiger partial charge in [-0.3, -0.25) is 4.99 Å². The van der Waals surface area contributed by atoms with Gasteiger partial charge in [-0.15, -0.1) is 0 Å². The molecule has 0 saturated heterocycles. The largest absolute Gasteiger partial charge is 0.507 e. The number of aliphatic imine (C=N–C) groups is 1. The Hall–Kier alpha value is -1.35. The van der Waals surface area contributed by atoms with E-state index >= 15 is 0 Å². The van der Waals surface area contributed by atoms with Gasteiger partial charge in [0.1, 0.15) is 5.75 Å². The lowest BCUT2D eigenvalue weighted by molar-refractivity contribution is 0.240. The molecule has 0 spiro atoms. The predicted octanol–water partition coefficient (Wildman–Crippen LogP) is 4.81. The maximum absolute atomic E-state index is 10.9. The average molecular weight is 334 g/mol. The number of aromatic hydroxyl groups is 1. The van der Waals surface area contributed by atoms with E-state index in [-0.39, 0.29) is 29.4 Å². The van der Waals surface area contributed by atoms with Crippen LogP contribution in [0.3, 0.4) is 0 Å². The second-order valence-corrected chi connectivity index (χ2v) is 9.13. The Kier molecular flexibility index (Phi) is 6.26. The number of aliphatic hydroxyl groups is 1. The van der Waals surface area contributed by atoms with Crippen molar-refractivity contribution in [3.63, 3.8) is 0 Å². The van der Waals surface area contributed by atoms with E-state index in [1.807, 2.05) is 26.8 Å². The number of phenols is 1. The van der Waals surface area contributed by atoms with E-state index in [0.717, 1.165) is 16.8 Å². The quantitative estimate of drug-likeness (QED) is 0.777. The highest BCUT2D eigenvalue weighted by Gasteiger charge is 2.26. The van der Waals surface area contributed by atoms with Gasteiger partial charge in [-0.05, 0) is 35.3 Å². The molecule has 136 valence electrons. The Morgan fingerprint density at radius 2 is 1.58 bits per heavy atom. The Morgan fingerprint density at radius 1 is 1.04 bits per heavy atom. The summed E-state index contributed by atoms with van der Waals surface area (Å²) < 4.78 is 0. The predicted molar refractivity (Wildman–Crippen MR) is 103 cm³/mol. The van der Waals surface area contributed by atoms with E-state index in [0.29, 0.717) is 5.75 Å². The Balaban J connectivity index is 3.60. The van der Waals surface area contributed by atoms with Crippen LogP contribution in [0.15, 0.2) is 17.1 Å². The van der Waals surface area contributed by atoms with Crippen molar-refractivity contribution in [3.05, 3.63) is 28.8 Å². The van der Waals surface area contributed by atoms with Crippen molar-refractivity contribution in [3.8, 4) is 5.75 Å². The number of rotatable bonds is 4. The molecule has 3 heteroatoms. The molecule has 1 aromatic rings. The summed E-state index contributed by atoms with van der Waals surface area (Å²) in [4.78, 5) is 4.68. The number of hydrogen-bond acceptors (Lipinski definition) is 3. The van der Waals surface area contributed by atoms with Gasteiger partial charge < -0.3 is 10.2 Å². The van der Waals surface area contributed by atoms with E-state index in [1.165, 1.54) is 5.56 Å². The van der Waals surface area contributed by atoms with Crippen LogP contribution < -0.4 is 0 Å². The summed E-state index contributed by atoms with van der Waals surface area (Å²) in [6.07, 6.45) is 0. The van der Waals surface area contributed by atoms with Crippen LogP contribution in [-0.2, 0) is 10.8 Å². The zero-order chi connectivity index (χ0) is 18.9. The lowest BCUT2D eigenvalue weighted by Gasteiger charge is -2.28. The fraction of sp³-hybridized carbons (Fsp3) is 0.667. The van der Waals surface area contributed by atoms with Crippen LogP contribution in [0.4, 0.5) is 0 Å². The fourth-order valence-corrected chi connectivity index (χ4v) is 2.63. The maximum atomic E-state index is 10.9. The SMILES string of the molecule is C/C(=N\[C@H](CO)C(C)C)c1cc(C(C)(C)C)cc(C(C)(C)C)c1O. The van der Waals surface area contributed by atoms with E-state index in [9.17, 15) is 10.2 Å². The fourth-order valence-electron chi connectivity index (χ4n) is 2.63. The Morgan fingerprint density at radius 3 is 1.96 bits per heavy atom. The van der Waals surface area contributed by atoms with Crippen LogP contribution in [0.1, 0.15) is 79.0 Å². The highest BCUT2D eigenvalue weighted by atomic mass is 16.3. The Bertz CT molecular complexity index is 601. The van der Waals surface area contributed by atoms with E-state index < -0.39 is 0 Å². The number of hydrogen-bond donors (Lipinski definition) is 2. The second-order valence-electron chi connectivity index (χ2n) is 9.13. The lowest BCUT2D eigenvalue weighted by Crippen LogP contribution is -2.21. The van der Waals surface area contributed by atoms with Gasteiger partial charge in [0.05, 0.1) is 12.6 Å². The zero-order valence-corrected chi connectivity index (χ0v) is 16.9. The molecular formula is C21H35NO2. The van der Waals surface area contributed by atoms with Crippen molar-refractivity contribution in [2.24, 2.45) is 10.9 Å². The third-order valence-electron chi connectivity index (χ3n) is 4.49. The molecule has 1 atom stereocenters. The minimum Gasteiger partial charge on any atom is -0.507 e. The minimum absolute atomic E-state index is 0.0147. The minimum atomic E-state index is -0.158. The van der Waals surface area contributed by atoms with Gasteiger partial charge >= 0.3 is 0 Å². The maximum Gasteiger partial charge on any atom is 0.128 e.